The van der Waals surface area contributed by atoms with Crippen LogP contribution in [0.15, 0.2) is 6.20 Å². The standard InChI is InChI=1S/C6H4F2N4O/c7-4(8)6(13)12-5(10)3(1-9)2-11-12/h2,4H,10H2. The minimum atomic E-state index is -3.19. The third kappa shape index (κ3) is 1.46. The van der Waals surface area contributed by atoms with E-state index >= 15 is 0 Å². The van der Waals surface area contributed by atoms with Crippen LogP contribution in [0.1, 0.15) is 10.4 Å². The quantitative estimate of drug-likeness (QED) is 0.680. The zero-order valence-corrected chi connectivity index (χ0v) is 6.24. The first-order chi connectivity index (χ1) is 6.07. The minimum absolute atomic E-state index is 0.103. The number of nitriles is 1. The molecule has 0 aliphatic heterocycles. The lowest BCUT2D eigenvalue weighted by molar-refractivity contribution is 0.0568. The molecule has 68 valence electrons. The number of hydrogen-bond donors (Lipinski definition) is 1. The average molecular weight is 186 g/mol. The van der Waals surface area contributed by atoms with Crippen LogP contribution in [0.5, 0.6) is 0 Å². The molecule has 1 rings (SSSR count). The van der Waals surface area contributed by atoms with E-state index in [2.05, 4.69) is 5.10 Å². The fourth-order valence-corrected chi connectivity index (χ4v) is 0.712. The minimum Gasteiger partial charge on any atom is -0.382 e. The zero-order valence-electron chi connectivity index (χ0n) is 6.24. The predicted octanol–water partition coefficient (Wildman–Crippen LogP) is 0.242. The Bertz CT molecular complexity index is 378. The van der Waals surface area contributed by atoms with Gasteiger partial charge in [-0.1, -0.05) is 0 Å². The van der Waals surface area contributed by atoms with Crippen LogP contribution in [0.3, 0.4) is 0 Å². The van der Waals surface area contributed by atoms with Crippen LogP contribution >= 0.6 is 0 Å². The number of nitrogens with two attached hydrogens (primary N) is 1. The van der Waals surface area contributed by atoms with Gasteiger partial charge in [-0.15, -0.1) is 0 Å². The summed E-state index contributed by atoms with van der Waals surface area (Å²) in [5, 5.41) is 11.6. The van der Waals surface area contributed by atoms with E-state index in [9.17, 15) is 13.6 Å². The van der Waals surface area contributed by atoms with Gasteiger partial charge in [-0.3, -0.25) is 4.79 Å². The Morgan fingerprint density at radius 2 is 2.38 bits per heavy atom. The van der Waals surface area contributed by atoms with E-state index in [-0.39, 0.29) is 11.4 Å². The molecule has 2 N–H and O–H groups in total. The molecule has 0 aliphatic rings. The molecule has 1 aromatic heterocycles. The second kappa shape index (κ2) is 3.18. The van der Waals surface area contributed by atoms with Gasteiger partial charge in [0.1, 0.15) is 17.5 Å². The van der Waals surface area contributed by atoms with Gasteiger partial charge in [0, 0.05) is 0 Å². The van der Waals surface area contributed by atoms with Crippen molar-refractivity contribution in [1.29, 1.82) is 5.26 Å². The van der Waals surface area contributed by atoms with Crippen molar-refractivity contribution < 1.29 is 13.6 Å². The molecule has 5 nitrogen and oxygen atoms in total. The Kier molecular flexibility index (Phi) is 2.23. The Labute approximate surface area is 71.4 Å². The highest BCUT2D eigenvalue weighted by Gasteiger charge is 2.21. The first kappa shape index (κ1) is 9.12. The van der Waals surface area contributed by atoms with Crippen molar-refractivity contribution in [3.63, 3.8) is 0 Å². The molecule has 0 unspecified atom stereocenters. The topological polar surface area (TPSA) is 84.7 Å². The molecule has 0 aromatic carbocycles. The number of aromatic nitrogens is 2. The number of carbonyl (C=O) groups excluding carboxylic acids is 1. The number of carbonyl (C=O) groups is 1. The van der Waals surface area contributed by atoms with Crippen molar-refractivity contribution in [2.75, 3.05) is 5.73 Å². The smallest absolute Gasteiger partial charge is 0.317 e. The summed E-state index contributed by atoms with van der Waals surface area (Å²) in [6, 6.07) is 1.60. The first-order valence-electron chi connectivity index (χ1n) is 3.14. The lowest BCUT2D eigenvalue weighted by Gasteiger charge is -1.99. The first-order valence-corrected chi connectivity index (χ1v) is 3.14. The third-order valence-electron chi connectivity index (χ3n) is 1.32. The summed E-state index contributed by atoms with van der Waals surface area (Å²) in [6.07, 6.45) is -2.23. The summed E-state index contributed by atoms with van der Waals surface area (Å²) in [5.41, 5.74) is 5.07. The van der Waals surface area contributed by atoms with Gasteiger partial charge in [0.2, 0.25) is 0 Å². The highest BCUT2D eigenvalue weighted by atomic mass is 19.3. The number of rotatable bonds is 1. The highest BCUT2D eigenvalue weighted by Crippen LogP contribution is 2.10. The van der Waals surface area contributed by atoms with Gasteiger partial charge in [0.25, 0.3) is 0 Å². The van der Waals surface area contributed by atoms with Crippen molar-refractivity contribution in [3.8, 4) is 6.07 Å². The lowest BCUT2D eigenvalue weighted by Crippen LogP contribution is -2.22. The van der Waals surface area contributed by atoms with E-state index in [0.717, 1.165) is 6.20 Å². The van der Waals surface area contributed by atoms with E-state index in [1.807, 2.05) is 0 Å². The van der Waals surface area contributed by atoms with Gasteiger partial charge in [-0.2, -0.15) is 23.8 Å². The maximum Gasteiger partial charge on any atom is 0.317 e. The summed E-state index contributed by atoms with van der Waals surface area (Å²) in [7, 11) is 0. The molecule has 0 fully saturated rings. The molecule has 0 saturated carbocycles. The van der Waals surface area contributed by atoms with Crippen LogP contribution in [0, 0.1) is 11.3 Å². The average Bonchev–Trinajstić information content (AvgIpc) is 2.45. The van der Waals surface area contributed by atoms with Gasteiger partial charge in [0.15, 0.2) is 0 Å². The summed E-state index contributed by atoms with van der Waals surface area (Å²) < 4.78 is 24.0. The molecule has 0 atom stereocenters. The summed E-state index contributed by atoms with van der Waals surface area (Å²) >= 11 is 0. The zero-order chi connectivity index (χ0) is 10.0. The Balaban J connectivity index is 3.11. The van der Waals surface area contributed by atoms with Crippen LogP contribution < -0.4 is 5.73 Å². The maximum absolute atomic E-state index is 11.9. The van der Waals surface area contributed by atoms with Crippen molar-refractivity contribution >= 4 is 11.7 Å². The largest absolute Gasteiger partial charge is 0.382 e. The Hall–Kier alpha value is -1.97. The molecule has 1 aromatic rings. The van der Waals surface area contributed by atoms with Gasteiger partial charge in [-0.05, 0) is 0 Å². The molecule has 0 bridgehead atoms. The highest BCUT2D eigenvalue weighted by molar-refractivity contribution is 5.84. The van der Waals surface area contributed by atoms with Crippen LogP contribution in [0.4, 0.5) is 14.6 Å². The lowest BCUT2D eigenvalue weighted by atomic mass is 10.4. The van der Waals surface area contributed by atoms with Crippen molar-refractivity contribution in [2.24, 2.45) is 0 Å². The van der Waals surface area contributed by atoms with Gasteiger partial charge in [0.05, 0.1) is 6.20 Å². The normalized spacial score (nSPS) is 10.0. The Morgan fingerprint density at radius 1 is 1.77 bits per heavy atom. The van der Waals surface area contributed by atoms with Gasteiger partial charge >= 0.3 is 12.3 Å². The number of halogens is 2. The fourth-order valence-electron chi connectivity index (χ4n) is 0.712. The monoisotopic (exact) mass is 186 g/mol. The van der Waals surface area contributed by atoms with E-state index in [1.165, 1.54) is 0 Å². The summed E-state index contributed by atoms with van der Waals surface area (Å²) in [6.45, 7) is 0. The van der Waals surface area contributed by atoms with Crippen molar-refractivity contribution in [1.82, 2.24) is 9.78 Å². The summed E-state index contributed by atoms with van der Waals surface area (Å²) in [4.78, 5) is 10.7. The molecule has 0 spiro atoms. The third-order valence-corrected chi connectivity index (χ3v) is 1.32. The Morgan fingerprint density at radius 3 is 2.77 bits per heavy atom. The molecule has 0 aliphatic carbocycles. The van der Waals surface area contributed by atoms with Crippen LogP contribution in [-0.4, -0.2) is 22.1 Å². The van der Waals surface area contributed by atoms with Crippen molar-refractivity contribution in [3.05, 3.63) is 11.8 Å². The molecular formula is C6H4F2N4O. The number of anilines is 1. The molecule has 0 amide bonds. The van der Waals surface area contributed by atoms with E-state index in [1.54, 1.807) is 6.07 Å². The van der Waals surface area contributed by atoms with Gasteiger partial charge in [-0.25, -0.2) is 0 Å². The van der Waals surface area contributed by atoms with E-state index in [4.69, 9.17) is 11.0 Å². The fraction of sp³-hybridized carbons (Fsp3) is 0.167. The van der Waals surface area contributed by atoms with Gasteiger partial charge < -0.3 is 5.73 Å². The molecule has 7 heteroatoms. The van der Waals surface area contributed by atoms with E-state index < -0.39 is 12.3 Å². The number of hydrogen-bond acceptors (Lipinski definition) is 4. The number of alkyl halides is 2. The second-order valence-electron chi connectivity index (χ2n) is 2.11. The molecule has 1 heterocycles. The van der Waals surface area contributed by atoms with Crippen LogP contribution in [0.25, 0.3) is 0 Å². The number of nitrogens with zero attached hydrogens (tertiary/aromatic N) is 3. The number of nitrogen functional groups attached to an aromatic ring is 1. The SMILES string of the molecule is N#Cc1cnn(C(=O)C(F)F)c1N. The molecule has 0 radical (unpaired) electrons. The molecular weight excluding hydrogens is 182 g/mol. The second-order valence-corrected chi connectivity index (χ2v) is 2.11. The molecule has 0 saturated heterocycles. The van der Waals surface area contributed by atoms with Crippen LogP contribution in [0.2, 0.25) is 0 Å². The van der Waals surface area contributed by atoms with Crippen molar-refractivity contribution in [2.45, 2.75) is 6.43 Å². The maximum atomic E-state index is 11.9. The molecule has 13 heavy (non-hydrogen) atoms. The summed E-state index contributed by atoms with van der Waals surface area (Å²) in [5.74, 6) is -1.91. The van der Waals surface area contributed by atoms with E-state index in [0.29, 0.717) is 4.68 Å². The van der Waals surface area contributed by atoms with Crippen LogP contribution in [-0.2, 0) is 0 Å². The predicted molar refractivity (Wildman–Crippen MR) is 38.0 cm³/mol.